The van der Waals surface area contributed by atoms with Crippen LogP contribution in [0.1, 0.15) is 25.3 Å². The molecule has 2 rings (SSSR count). The van der Waals surface area contributed by atoms with Gasteiger partial charge in [0.2, 0.25) is 15.0 Å². The van der Waals surface area contributed by atoms with Crippen molar-refractivity contribution in [1.29, 1.82) is 0 Å². The van der Waals surface area contributed by atoms with Gasteiger partial charge in [0.15, 0.2) is 5.65 Å². The molecule has 0 saturated heterocycles. The summed E-state index contributed by atoms with van der Waals surface area (Å²) < 4.78 is 24.1. The molecule has 2 aromatic heterocycles. The second-order valence-electron chi connectivity index (χ2n) is 3.93. The lowest BCUT2D eigenvalue weighted by Gasteiger charge is -2.02. The summed E-state index contributed by atoms with van der Waals surface area (Å²) in [5.74, 6) is 0.236. The molecule has 0 amide bonds. The Morgan fingerprint density at radius 3 is 2.62 bits per heavy atom. The number of hydrogen-bond donors (Lipinski definition) is 0. The van der Waals surface area contributed by atoms with Gasteiger partial charge < -0.3 is 0 Å². The molecule has 0 radical (unpaired) electrons. The number of rotatable bonds is 2. The second kappa shape index (κ2) is 3.51. The van der Waals surface area contributed by atoms with Crippen LogP contribution in [0.25, 0.3) is 5.65 Å². The summed E-state index contributed by atoms with van der Waals surface area (Å²) in [7, 11) is -3.38. The van der Waals surface area contributed by atoms with Gasteiger partial charge in [0.05, 0.1) is 6.20 Å². The van der Waals surface area contributed by atoms with Crippen LogP contribution in [0, 0.1) is 0 Å². The van der Waals surface area contributed by atoms with Crippen LogP contribution in [0.15, 0.2) is 17.7 Å². The molecule has 0 N–H and O–H groups in total. The Hall–Kier alpha value is -1.50. The van der Waals surface area contributed by atoms with Crippen LogP contribution in [0.5, 0.6) is 0 Å². The summed E-state index contributed by atoms with van der Waals surface area (Å²) in [6, 6.07) is 0. The molecule has 0 saturated carbocycles. The number of fused-ring (bicyclic) bond motifs is 1. The summed E-state index contributed by atoms with van der Waals surface area (Å²) in [6.07, 6.45) is 4.13. The van der Waals surface area contributed by atoms with Crippen molar-refractivity contribution in [3.05, 3.63) is 18.1 Å². The van der Waals surface area contributed by atoms with Gasteiger partial charge >= 0.3 is 0 Å². The van der Waals surface area contributed by atoms with E-state index in [1.165, 1.54) is 10.8 Å². The lowest BCUT2D eigenvalue weighted by atomic mass is 10.1. The molecule has 2 aromatic rings. The van der Waals surface area contributed by atoms with Crippen molar-refractivity contribution in [3.63, 3.8) is 0 Å². The molecule has 0 spiro atoms. The molecule has 0 aliphatic carbocycles. The molecular formula is C9H12N4O2S. The van der Waals surface area contributed by atoms with Gasteiger partial charge in [-0.25, -0.2) is 17.9 Å². The molecule has 7 heteroatoms. The van der Waals surface area contributed by atoms with Crippen molar-refractivity contribution in [2.45, 2.75) is 24.9 Å². The monoisotopic (exact) mass is 240 g/mol. The van der Waals surface area contributed by atoms with Crippen LogP contribution in [0.3, 0.4) is 0 Å². The first-order valence-electron chi connectivity index (χ1n) is 4.80. The molecular weight excluding hydrogens is 228 g/mol. The molecule has 86 valence electrons. The van der Waals surface area contributed by atoms with Crippen molar-refractivity contribution in [1.82, 2.24) is 19.6 Å². The molecule has 0 unspecified atom stereocenters. The fourth-order valence-corrected chi connectivity index (χ4v) is 1.87. The predicted octanol–water partition coefficient (Wildman–Crippen LogP) is 0.651. The van der Waals surface area contributed by atoms with Crippen molar-refractivity contribution >= 4 is 15.5 Å². The SMILES string of the molecule is CC(C)c1cnn2cnc(S(C)(=O)=O)nc12. The molecule has 0 atom stereocenters. The third-order valence-corrected chi connectivity index (χ3v) is 3.09. The van der Waals surface area contributed by atoms with Gasteiger partial charge in [-0.1, -0.05) is 13.8 Å². The Bertz CT molecular complexity index is 630. The van der Waals surface area contributed by atoms with E-state index in [9.17, 15) is 8.42 Å². The van der Waals surface area contributed by atoms with Crippen LogP contribution < -0.4 is 0 Å². The fourth-order valence-electron chi connectivity index (χ4n) is 1.38. The Morgan fingerprint density at radius 2 is 2.06 bits per heavy atom. The van der Waals surface area contributed by atoms with Gasteiger partial charge in [-0.05, 0) is 5.92 Å². The van der Waals surface area contributed by atoms with Gasteiger partial charge in [-0.15, -0.1) is 0 Å². The molecule has 0 aromatic carbocycles. The second-order valence-corrected chi connectivity index (χ2v) is 5.84. The third kappa shape index (κ3) is 1.78. The van der Waals surface area contributed by atoms with E-state index in [2.05, 4.69) is 15.1 Å². The highest BCUT2D eigenvalue weighted by Crippen LogP contribution is 2.18. The molecule has 0 aliphatic heterocycles. The molecule has 0 fully saturated rings. The molecule has 16 heavy (non-hydrogen) atoms. The number of nitrogens with zero attached hydrogens (tertiary/aromatic N) is 4. The normalized spacial score (nSPS) is 12.5. The highest BCUT2D eigenvalue weighted by atomic mass is 32.2. The van der Waals surface area contributed by atoms with E-state index in [-0.39, 0.29) is 11.1 Å². The van der Waals surface area contributed by atoms with E-state index in [4.69, 9.17) is 0 Å². The van der Waals surface area contributed by atoms with Crippen LogP contribution >= 0.6 is 0 Å². The summed E-state index contributed by atoms with van der Waals surface area (Å²) >= 11 is 0. The highest BCUT2D eigenvalue weighted by molar-refractivity contribution is 7.90. The maximum atomic E-state index is 11.3. The van der Waals surface area contributed by atoms with E-state index >= 15 is 0 Å². The number of sulfone groups is 1. The molecule has 0 aliphatic rings. The standard InChI is InChI=1S/C9H12N4O2S/c1-6(2)7-4-11-13-5-10-9(12-8(7)13)16(3,14)15/h4-6H,1-3H3. The minimum Gasteiger partial charge on any atom is -0.221 e. The van der Waals surface area contributed by atoms with Gasteiger partial charge in [-0.3, -0.25) is 0 Å². The maximum Gasteiger partial charge on any atom is 0.250 e. The minimum absolute atomic E-state index is 0.164. The smallest absolute Gasteiger partial charge is 0.221 e. The Kier molecular flexibility index (Phi) is 2.42. The van der Waals surface area contributed by atoms with Gasteiger partial charge in [0.25, 0.3) is 0 Å². The van der Waals surface area contributed by atoms with Crippen molar-refractivity contribution in [2.75, 3.05) is 6.26 Å². The van der Waals surface area contributed by atoms with Crippen LogP contribution in [0.4, 0.5) is 0 Å². The topological polar surface area (TPSA) is 77.2 Å². The van der Waals surface area contributed by atoms with Crippen LogP contribution in [-0.4, -0.2) is 34.3 Å². The van der Waals surface area contributed by atoms with Crippen molar-refractivity contribution in [3.8, 4) is 0 Å². The van der Waals surface area contributed by atoms with E-state index in [1.807, 2.05) is 13.8 Å². The summed E-state index contributed by atoms with van der Waals surface area (Å²) in [6.45, 7) is 4.00. The van der Waals surface area contributed by atoms with Gasteiger partial charge in [-0.2, -0.15) is 10.1 Å². The van der Waals surface area contributed by atoms with Gasteiger partial charge in [0, 0.05) is 11.8 Å². The first-order chi connectivity index (χ1) is 7.39. The average Bonchev–Trinajstić information content (AvgIpc) is 2.58. The minimum atomic E-state index is -3.38. The Morgan fingerprint density at radius 1 is 1.38 bits per heavy atom. The lowest BCUT2D eigenvalue weighted by Crippen LogP contribution is -2.06. The Labute approximate surface area is 93.3 Å². The summed E-state index contributed by atoms with van der Waals surface area (Å²) in [4.78, 5) is 7.78. The molecule has 2 heterocycles. The first kappa shape index (κ1) is 11.0. The number of aromatic nitrogens is 4. The molecule has 6 nitrogen and oxygen atoms in total. The fraction of sp³-hybridized carbons (Fsp3) is 0.444. The summed E-state index contributed by atoms with van der Waals surface area (Å²) in [5.41, 5.74) is 1.46. The quantitative estimate of drug-likeness (QED) is 0.770. The predicted molar refractivity (Wildman–Crippen MR) is 58.0 cm³/mol. The molecule has 0 bridgehead atoms. The Balaban J connectivity index is 2.73. The van der Waals surface area contributed by atoms with Crippen molar-refractivity contribution in [2.24, 2.45) is 0 Å². The zero-order valence-electron chi connectivity index (χ0n) is 9.25. The van der Waals surface area contributed by atoms with Crippen molar-refractivity contribution < 1.29 is 8.42 Å². The van der Waals surface area contributed by atoms with Gasteiger partial charge in [0.1, 0.15) is 6.33 Å². The van der Waals surface area contributed by atoms with E-state index in [0.717, 1.165) is 11.8 Å². The number of hydrogen-bond acceptors (Lipinski definition) is 5. The van der Waals surface area contributed by atoms with Crippen LogP contribution in [-0.2, 0) is 9.84 Å². The van der Waals surface area contributed by atoms with E-state index in [0.29, 0.717) is 5.65 Å². The first-order valence-corrected chi connectivity index (χ1v) is 6.69. The summed E-state index contributed by atoms with van der Waals surface area (Å²) in [5, 5.41) is 3.90. The zero-order valence-corrected chi connectivity index (χ0v) is 10.1. The van der Waals surface area contributed by atoms with Crippen LogP contribution in [0.2, 0.25) is 0 Å². The lowest BCUT2D eigenvalue weighted by molar-refractivity contribution is 0.591. The third-order valence-electron chi connectivity index (χ3n) is 2.23. The largest absolute Gasteiger partial charge is 0.250 e. The average molecular weight is 240 g/mol. The zero-order chi connectivity index (χ0) is 11.9. The maximum absolute atomic E-state index is 11.3. The highest BCUT2D eigenvalue weighted by Gasteiger charge is 2.15. The van der Waals surface area contributed by atoms with E-state index < -0.39 is 9.84 Å². The van der Waals surface area contributed by atoms with E-state index in [1.54, 1.807) is 6.20 Å².